The van der Waals surface area contributed by atoms with Gasteiger partial charge in [0.2, 0.25) is 0 Å². The molecular formula is C26H22F5N5O2. The Labute approximate surface area is 212 Å². The summed E-state index contributed by atoms with van der Waals surface area (Å²) in [6.07, 6.45) is 0.918. The van der Waals surface area contributed by atoms with Crippen molar-refractivity contribution in [3.63, 3.8) is 0 Å². The molecule has 1 aromatic carbocycles. The van der Waals surface area contributed by atoms with Crippen LogP contribution >= 0.6 is 0 Å². The highest BCUT2D eigenvalue weighted by Crippen LogP contribution is 2.48. The fraction of sp³-hybridized carbons (Fsp3) is 0.308. The number of hydrogen-bond donors (Lipinski definition) is 1. The van der Waals surface area contributed by atoms with Crippen LogP contribution in [0.2, 0.25) is 0 Å². The Balaban J connectivity index is 1.58. The zero-order valence-corrected chi connectivity index (χ0v) is 20.3. The molecule has 1 aliphatic carbocycles. The smallest absolute Gasteiger partial charge is 0.301 e. The summed E-state index contributed by atoms with van der Waals surface area (Å²) in [5.41, 5.74) is -4.42. The van der Waals surface area contributed by atoms with Crippen molar-refractivity contribution in [3.05, 3.63) is 98.2 Å². The first-order chi connectivity index (χ1) is 18.0. The topological polar surface area (TPSA) is 81.8 Å². The van der Waals surface area contributed by atoms with E-state index in [1.165, 1.54) is 38.5 Å². The summed E-state index contributed by atoms with van der Waals surface area (Å²) in [7, 11) is 1.33. The third kappa shape index (κ3) is 4.04. The number of aryl methyl sites for hydroxylation is 1. The van der Waals surface area contributed by atoms with Crippen molar-refractivity contribution in [2.24, 2.45) is 7.05 Å². The van der Waals surface area contributed by atoms with Gasteiger partial charge in [0.05, 0.1) is 17.0 Å². The molecular weight excluding hydrogens is 509 g/mol. The van der Waals surface area contributed by atoms with E-state index in [1.54, 1.807) is 0 Å². The maximum atomic E-state index is 15.5. The highest BCUT2D eigenvalue weighted by molar-refractivity contribution is 5.90. The Morgan fingerprint density at radius 2 is 1.76 bits per heavy atom. The fourth-order valence-electron chi connectivity index (χ4n) is 4.60. The average Bonchev–Trinajstić information content (AvgIpc) is 3.69. The van der Waals surface area contributed by atoms with Gasteiger partial charge in [-0.3, -0.25) is 14.6 Å². The molecule has 0 unspecified atom stereocenters. The SMILES string of the molecule is C[C@@H](Nc1nn(C)c(=O)c2cc(=O)n(C3(C(F)F)CC3)cc12)c1cccc(C(F)(F)c2ccncc2)c1F. The van der Waals surface area contributed by atoms with Gasteiger partial charge in [0.1, 0.15) is 11.4 Å². The number of aromatic nitrogens is 4. The van der Waals surface area contributed by atoms with Crippen LogP contribution in [0.1, 0.15) is 42.5 Å². The second-order valence-electron chi connectivity index (χ2n) is 9.38. The van der Waals surface area contributed by atoms with E-state index in [1.807, 2.05) is 0 Å². The van der Waals surface area contributed by atoms with Crippen LogP contribution in [0.15, 0.2) is 64.6 Å². The summed E-state index contributed by atoms with van der Waals surface area (Å²) in [5.74, 6) is -4.79. The molecule has 3 heterocycles. The van der Waals surface area contributed by atoms with Gasteiger partial charge in [-0.2, -0.15) is 13.9 Å². The standard InChI is InChI=1S/C26H22F5N5O2/c1-14(16-4-3-5-19(21(16)27)26(30,31)15-6-10-32-11-7-15)33-22-18-13-36(25(8-9-25)24(28)29)20(37)12-17(18)23(38)35(2)34-22/h3-7,10-14,24H,8-9H2,1-2H3,(H,33,34)/t14-/m1/s1. The van der Waals surface area contributed by atoms with Crippen molar-refractivity contribution < 1.29 is 22.0 Å². The minimum absolute atomic E-state index is 0.000821. The molecule has 12 heteroatoms. The van der Waals surface area contributed by atoms with Gasteiger partial charge in [-0.25, -0.2) is 17.9 Å². The first-order valence-corrected chi connectivity index (χ1v) is 11.7. The molecule has 1 aliphatic rings. The van der Waals surface area contributed by atoms with E-state index in [2.05, 4.69) is 15.4 Å². The normalized spacial score (nSPS) is 15.6. The van der Waals surface area contributed by atoms with Gasteiger partial charge >= 0.3 is 5.92 Å². The fourth-order valence-corrected chi connectivity index (χ4v) is 4.60. The van der Waals surface area contributed by atoms with Gasteiger partial charge in [0.15, 0.2) is 5.82 Å². The molecule has 1 atom stereocenters. The summed E-state index contributed by atoms with van der Waals surface area (Å²) >= 11 is 0. The van der Waals surface area contributed by atoms with Crippen molar-refractivity contribution in [2.75, 3.05) is 5.32 Å². The van der Waals surface area contributed by atoms with Crippen molar-refractivity contribution >= 4 is 16.6 Å². The number of pyridine rings is 2. The molecule has 0 radical (unpaired) electrons. The maximum absolute atomic E-state index is 15.5. The molecule has 0 spiro atoms. The summed E-state index contributed by atoms with van der Waals surface area (Å²) in [6.45, 7) is 1.50. The highest BCUT2D eigenvalue weighted by Gasteiger charge is 2.53. The number of halogens is 5. The Morgan fingerprint density at radius 3 is 2.39 bits per heavy atom. The third-order valence-electron chi connectivity index (χ3n) is 6.96. The molecule has 198 valence electrons. The second kappa shape index (κ2) is 9.03. The van der Waals surface area contributed by atoms with Crippen LogP contribution in [-0.2, 0) is 18.5 Å². The van der Waals surface area contributed by atoms with E-state index in [4.69, 9.17) is 0 Å². The van der Waals surface area contributed by atoms with Gasteiger partial charge in [0.25, 0.3) is 17.5 Å². The second-order valence-corrected chi connectivity index (χ2v) is 9.38. The van der Waals surface area contributed by atoms with Crippen molar-refractivity contribution in [1.29, 1.82) is 0 Å². The first kappa shape index (κ1) is 25.6. The van der Waals surface area contributed by atoms with Crippen LogP contribution in [0.25, 0.3) is 10.8 Å². The molecule has 0 saturated heterocycles. The Kier molecular flexibility index (Phi) is 6.07. The lowest BCUT2D eigenvalue weighted by Gasteiger charge is -2.23. The number of hydrogen-bond acceptors (Lipinski definition) is 5. The van der Waals surface area contributed by atoms with Crippen molar-refractivity contribution in [1.82, 2.24) is 19.3 Å². The lowest BCUT2D eigenvalue weighted by molar-refractivity contribution is 0.0386. The number of nitrogens with one attached hydrogen (secondary N) is 1. The Morgan fingerprint density at radius 1 is 1.08 bits per heavy atom. The van der Waals surface area contributed by atoms with Crippen LogP contribution < -0.4 is 16.4 Å². The number of rotatable bonds is 7. The third-order valence-corrected chi connectivity index (χ3v) is 6.96. The van der Waals surface area contributed by atoms with Crippen LogP contribution in [0.4, 0.5) is 27.8 Å². The lowest BCUT2D eigenvalue weighted by Crippen LogP contribution is -2.36. The first-order valence-electron chi connectivity index (χ1n) is 11.7. The van der Waals surface area contributed by atoms with Crippen molar-refractivity contribution in [3.8, 4) is 0 Å². The zero-order chi connectivity index (χ0) is 27.4. The molecule has 0 aliphatic heterocycles. The average molecular weight is 531 g/mol. The minimum atomic E-state index is -3.64. The summed E-state index contributed by atoms with van der Waals surface area (Å²) < 4.78 is 75.2. The van der Waals surface area contributed by atoms with E-state index >= 15 is 13.2 Å². The van der Waals surface area contributed by atoms with Crippen LogP contribution in [-0.4, -0.2) is 25.8 Å². The van der Waals surface area contributed by atoms with E-state index < -0.39 is 52.0 Å². The van der Waals surface area contributed by atoms with Crippen LogP contribution in [0.3, 0.4) is 0 Å². The Bertz CT molecular complexity index is 1650. The number of anilines is 1. The van der Waals surface area contributed by atoms with E-state index in [0.717, 1.165) is 39.7 Å². The molecule has 4 aromatic rings. The molecule has 3 aromatic heterocycles. The van der Waals surface area contributed by atoms with Crippen molar-refractivity contribution in [2.45, 2.75) is 43.7 Å². The maximum Gasteiger partial charge on any atom is 0.301 e. The van der Waals surface area contributed by atoms with E-state index in [-0.39, 0.29) is 35.0 Å². The minimum Gasteiger partial charge on any atom is -0.361 e. The molecule has 1 fully saturated rings. The Hall–Kier alpha value is -4.09. The molecule has 1 saturated carbocycles. The predicted molar refractivity (Wildman–Crippen MR) is 130 cm³/mol. The summed E-state index contributed by atoms with van der Waals surface area (Å²) in [5, 5.41) is 7.06. The molecule has 0 bridgehead atoms. The van der Waals surface area contributed by atoms with Gasteiger partial charge in [0, 0.05) is 48.2 Å². The van der Waals surface area contributed by atoms with Gasteiger partial charge in [-0.15, -0.1) is 0 Å². The summed E-state index contributed by atoms with van der Waals surface area (Å²) in [4.78, 5) is 29.0. The summed E-state index contributed by atoms with van der Waals surface area (Å²) in [6, 6.07) is 5.85. The number of nitrogens with zero attached hydrogens (tertiary/aromatic N) is 4. The molecule has 1 N–H and O–H groups in total. The number of fused-ring (bicyclic) bond motifs is 1. The molecule has 5 rings (SSSR count). The molecule has 0 amide bonds. The highest BCUT2D eigenvalue weighted by atomic mass is 19.3. The molecule has 38 heavy (non-hydrogen) atoms. The predicted octanol–water partition coefficient (Wildman–Crippen LogP) is 4.70. The van der Waals surface area contributed by atoms with Crippen LogP contribution in [0.5, 0.6) is 0 Å². The quantitative estimate of drug-likeness (QED) is 0.350. The largest absolute Gasteiger partial charge is 0.361 e. The van der Waals surface area contributed by atoms with E-state index in [0.29, 0.717) is 0 Å². The number of benzene rings is 1. The zero-order valence-electron chi connectivity index (χ0n) is 20.3. The lowest BCUT2D eigenvalue weighted by atomic mass is 9.96. The molecule has 7 nitrogen and oxygen atoms in total. The van der Waals surface area contributed by atoms with E-state index in [9.17, 15) is 18.4 Å². The number of alkyl halides is 4. The van der Waals surface area contributed by atoms with Gasteiger partial charge in [-0.1, -0.05) is 12.1 Å². The monoisotopic (exact) mass is 531 g/mol. The van der Waals surface area contributed by atoms with Crippen LogP contribution in [0, 0.1) is 5.82 Å². The van der Waals surface area contributed by atoms with Gasteiger partial charge < -0.3 is 9.88 Å². The van der Waals surface area contributed by atoms with Gasteiger partial charge in [-0.05, 0) is 38.0 Å².